The van der Waals surface area contributed by atoms with Crippen LogP contribution in [-0.4, -0.2) is 30.6 Å². The molecule has 0 saturated heterocycles. The van der Waals surface area contributed by atoms with Crippen LogP contribution in [0.25, 0.3) is 0 Å². The summed E-state index contributed by atoms with van der Waals surface area (Å²) in [6, 6.07) is -1.17. The lowest BCUT2D eigenvalue weighted by Crippen LogP contribution is -2.50. The van der Waals surface area contributed by atoms with E-state index in [1.807, 2.05) is 27.7 Å². The topological polar surface area (TPSA) is 81.4 Å². The molecule has 0 aromatic carbocycles. The molecule has 0 aromatic rings. The molecular weight excluding hydrogens is 256 g/mol. The molecule has 3 N–H and O–H groups in total. The lowest BCUT2D eigenvalue weighted by Gasteiger charge is -2.21. The van der Waals surface area contributed by atoms with Crippen molar-refractivity contribution in [3.63, 3.8) is 0 Å². The van der Waals surface area contributed by atoms with Crippen LogP contribution < -0.4 is 11.1 Å². The highest BCUT2D eigenvalue weighted by Crippen LogP contribution is 2.06. The Balaban J connectivity index is 4.46. The van der Waals surface area contributed by atoms with Gasteiger partial charge in [-0.05, 0) is 18.8 Å². The number of nitrogens with one attached hydrogen (secondary N) is 1. The molecule has 20 heavy (non-hydrogen) atoms. The summed E-state index contributed by atoms with van der Waals surface area (Å²) in [5.41, 5.74) is 5.79. The Morgan fingerprint density at radius 3 is 2.25 bits per heavy atom. The number of hydrogen-bond donors (Lipinski definition) is 2. The Labute approximate surface area is 122 Å². The number of esters is 1. The molecule has 0 aliphatic carbocycles. The van der Waals surface area contributed by atoms with Crippen molar-refractivity contribution in [3.05, 3.63) is 0 Å². The van der Waals surface area contributed by atoms with E-state index in [1.165, 1.54) is 0 Å². The molecule has 5 nitrogen and oxygen atoms in total. The van der Waals surface area contributed by atoms with Crippen LogP contribution in [0.1, 0.15) is 59.8 Å². The van der Waals surface area contributed by atoms with Gasteiger partial charge in [-0.15, -0.1) is 0 Å². The van der Waals surface area contributed by atoms with Gasteiger partial charge in [-0.1, -0.05) is 47.0 Å². The van der Waals surface area contributed by atoms with Gasteiger partial charge < -0.3 is 15.8 Å². The highest BCUT2D eigenvalue weighted by Gasteiger charge is 2.25. The summed E-state index contributed by atoms with van der Waals surface area (Å²) in [5, 5.41) is 2.72. The molecular formula is C15H30N2O3. The summed E-state index contributed by atoms with van der Waals surface area (Å²) in [6.07, 6.45) is 4.23. The van der Waals surface area contributed by atoms with Crippen LogP contribution in [0.5, 0.6) is 0 Å². The minimum atomic E-state index is -0.595. The maximum atomic E-state index is 12.0. The van der Waals surface area contributed by atoms with Crippen LogP contribution in [-0.2, 0) is 14.3 Å². The van der Waals surface area contributed by atoms with E-state index in [0.29, 0.717) is 13.0 Å². The largest absolute Gasteiger partial charge is 0.464 e. The number of ether oxygens (including phenoxy) is 1. The maximum Gasteiger partial charge on any atom is 0.328 e. The fraction of sp³-hybridized carbons (Fsp3) is 0.867. The van der Waals surface area contributed by atoms with Gasteiger partial charge in [0, 0.05) is 0 Å². The molecule has 0 aliphatic rings. The van der Waals surface area contributed by atoms with Gasteiger partial charge in [-0.25, -0.2) is 4.79 Å². The quantitative estimate of drug-likeness (QED) is 0.475. The van der Waals surface area contributed by atoms with Crippen molar-refractivity contribution >= 4 is 11.9 Å². The first-order valence-electron chi connectivity index (χ1n) is 7.66. The predicted octanol–water partition coefficient (Wildman–Crippen LogP) is 1.99. The summed E-state index contributed by atoms with van der Waals surface area (Å²) >= 11 is 0. The van der Waals surface area contributed by atoms with Crippen molar-refractivity contribution < 1.29 is 14.3 Å². The average Bonchev–Trinajstić information content (AvgIpc) is 2.42. The van der Waals surface area contributed by atoms with E-state index in [9.17, 15) is 9.59 Å². The van der Waals surface area contributed by atoms with Crippen LogP contribution in [0, 0.1) is 5.92 Å². The van der Waals surface area contributed by atoms with Crippen molar-refractivity contribution in [2.24, 2.45) is 11.7 Å². The van der Waals surface area contributed by atoms with E-state index in [2.05, 4.69) is 5.32 Å². The molecule has 0 unspecified atom stereocenters. The molecule has 0 radical (unpaired) electrons. The van der Waals surface area contributed by atoms with E-state index in [4.69, 9.17) is 10.5 Å². The zero-order valence-corrected chi connectivity index (χ0v) is 13.3. The molecule has 2 atom stereocenters. The summed E-state index contributed by atoms with van der Waals surface area (Å²) in [6.45, 7) is 8.24. The highest BCUT2D eigenvalue weighted by molar-refractivity contribution is 5.87. The van der Waals surface area contributed by atoms with Crippen LogP contribution in [0.15, 0.2) is 0 Å². The van der Waals surface area contributed by atoms with Gasteiger partial charge in [-0.2, -0.15) is 0 Å². The van der Waals surface area contributed by atoms with E-state index in [0.717, 1.165) is 25.7 Å². The van der Waals surface area contributed by atoms with Gasteiger partial charge in [-0.3, -0.25) is 4.79 Å². The molecule has 118 valence electrons. The summed E-state index contributed by atoms with van der Waals surface area (Å²) in [4.78, 5) is 23.9. The Morgan fingerprint density at radius 1 is 1.15 bits per heavy atom. The molecule has 0 fully saturated rings. The van der Waals surface area contributed by atoms with Gasteiger partial charge in [0.1, 0.15) is 6.04 Å². The van der Waals surface area contributed by atoms with E-state index in [-0.39, 0.29) is 17.8 Å². The van der Waals surface area contributed by atoms with E-state index in [1.54, 1.807) is 0 Å². The third-order valence-electron chi connectivity index (χ3n) is 3.21. The zero-order valence-electron chi connectivity index (χ0n) is 13.3. The Kier molecular flexibility index (Phi) is 10.1. The van der Waals surface area contributed by atoms with E-state index >= 15 is 0 Å². The first kappa shape index (κ1) is 18.9. The Bertz CT molecular complexity index is 293. The average molecular weight is 286 g/mol. The lowest BCUT2D eigenvalue weighted by molar-refractivity contribution is -0.148. The minimum absolute atomic E-state index is 0.0398. The minimum Gasteiger partial charge on any atom is -0.464 e. The summed E-state index contributed by atoms with van der Waals surface area (Å²) < 4.78 is 5.19. The second-order valence-corrected chi connectivity index (χ2v) is 5.49. The molecule has 0 spiro atoms. The third-order valence-corrected chi connectivity index (χ3v) is 3.21. The Morgan fingerprint density at radius 2 is 1.75 bits per heavy atom. The number of unbranched alkanes of at least 4 members (excludes halogenated alkanes) is 2. The molecule has 0 aliphatic heterocycles. The lowest BCUT2D eigenvalue weighted by atomic mass is 10.0. The zero-order chi connectivity index (χ0) is 15.5. The number of hydrogen-bond acceptors (Lipinski definition) is 4. The number of carbonyl (C=O) groups excluding carboxylic acids is 2. The monoisotopic (exact) mass is 286 g/mol. The van der Waals surface area contributed by atoms with Crippen molar-refractivity contribution in [2.45, 2.75) is 71.9 Å². The standard InChI is InChI=1S/C15H30N2O3/c1-5-7-9-12(15(19)20-10-8-6-2)17-14(18)13(16)11(3)4/h11-13H,5-10,16H2,1-4H3,(H,17,18)/t12-,13-/m0/s1. The fourth-order valence-electron chi connectivity index (χ4n) is 1.65. The van der Waals surface area contributed by atoms with Gasteiger partial charge in [0.15, 0.2) is 0 Å². The number of carbonyl (C=O) groups is 2. The SMILES string of the molecule is CCCCOC(=O)[C@H](CCCC)NC(=O)[C@@H](N)C(C)C. The second kappa shape index (κ2) is 10.7. The second-order valence-electron chi connectivity index (χ2n) is 5.49. The van der Waals surface area contributed by atoms with Crippen molar-refractivity contribution in [2.75, 3.05) is 6.61 Å². The van der Waals surface area contributed by atoms with Gasteiger partial charge >= 0.3 is 5.97 Å². The number of amides is 1. The van der Waals surface area contributed by atoms with Crippen LogP contribution in [0.3, 0.4) is 0 Å². The molecule has 0 rings (SSSR count). The van der Waals surface area contributed by atoms with Gasteiger partial charge in [0.05, 0.1) is 12.6 Å². The fourth-order valence-corrected chi connectivity index (χ4v) is 1.65. The van der Waals surface area contributed by atoms with Crippen molar-refractivity contribution in [1.82, 2.24) is 5.32 Å². The van der Waals surface area contributed by atoms with Crippen molar-refractivity contribution in [1.29, 1.82) is 0 Å². The summed E-state index contributed by atoms with van der Waals surface area (Å²) in [5.74, 6) is -0.595. The first-order valence-corrected chi connectivity index (χ1v) is 7.66. The Hall–Kier alpha value is -1.10. The van der Waals surface area contributed by atoms with E-state index < -0.39 is 12.1 Å². The van der Waals surface area contributed by atoms with Gasteiger partial charge in [0.2, 0.25) is 5.91 Å². The number of rotatable bonds is 10. The maximum absolute atomic E-state index is 12.0. The van der Waals surface area contributed by atoms with Crippen LogP contribution >= 0.6 is 0 Å². The molecule has 0 saturated carbocycles. The highest BCUT2D eigenvalue weighted by atomic mass is 16.5. The first-order chi connectivity index (χ1) is 9.43. The van der Waals surface area contributed by atoms with Crippen LogP contribution in [0.2, 0.25) is 0 Å². The predicted molar refractivity (Wildman–Crippen MR) is 80.1 cm³/mol. The summed E-state index contributed by atoms with van der Waals surface area (Å²) in [7, 11) is 0. The molecule has 5 heteroatoms. The van der Waals surface area contributed by atoms with Crippen molar-refractivity contribution in [3.8, 4) is 0 Å². The van der Waals surface area contributed by atoms with Crippen LogP contribution in [0.4, 0.5) is 0 Å². The molecule has 0 aromatic heterocycles. The molecule has 0 heterocycles. The van der Waals surface area contributed by atoms with Gasteiger partial charge in [0.25, 0.3) is 0 Å². The number of nitrogens with two attached hydrogens (primary N) is 1. The molecule has 0 bridgehead atoms. The normalized spacial score (nSPS) is 13.9. The molecule has 1 amide bonds. The third kappa shape index (κ3) is 7.48. The smallest absolute Gasteiger partial charge is 0.328 e.